The Kier molecular flexibility index (Phi) is 6.35. The van der Waals surface area contributed by atoms with Crippen molar-refractivity contribution in [1.82, 2.24) is 19.7 Å². The highest BCUT2D eigenvalue weighted by Crippen LogP contribution is 2.40. The normalized spacial score (nSPS) is 18.6. The van der Waals surface area contributed by atoms with Gasteiger partial charge in [-0.3, -0.25) is 14.7 Å². The average molecular weight is 447 g/mol. The van der Waals surface area contributed by atoms with Gasteiger partial charge in [-0.15, -0.1) is 10.2 Å². The lowest BCUT2D eigenvalue weighted by Gasteiger charge is -2.26. The second-order valence-electron chi connectivity index (χ2n) is 9.44. The minimum absolute atomic E-state index is 0.0820. The molecule has 10 nitrogen and oxygen atoms in total. The van der Waals surface area contributed by atoms with Crippen LogP contribution >= 0.6 is 0 Å². The Labute approximate surface area is 182 Å². The number of nitrogens with zero attached hydrogens (tertiary/aromatic N) is 5. The summed E-state index contributed by atoms with van der Waals surface area (Å²) >= 11 is 0. The smallest absolute Gasteiger partial charge is 0.312 e. The molecule has 0 radical (unpaired) electrons. The molecule has 0 aromatic carbocycles. The highest BCUT2D eigenvalue weighted by molar-refractivity contribution is 6.76. The van der Waals surface area contributed by atoms with E-state index in [0.29, 0.717) is 37.2 Å². The van der Waals surface area contributed by atoms with E-state index >= 15 is 0 Å². The van der Waals surface area contributed by atoms with Crippen molar-refractivity contribution in [1.29, 1.82) is 0 Å². The molecular formula is C20H30N6O4Si. The van der Waals surface area contributed by atoms with Crippen LogP contribution in [0.5, 0.6) is 0 Å². The third kappa shape index (κ3) is 5.46. The molecule has 1 atom stereocenters. The summed E-state index contributed by atoms with van der Waals surface area (Å²) in [4.78, 5) is 15.6. The standard InChI is InChI=1S/C20H30N6O4Si/c1-31(2,3)9-8-29-13-25-19(14-4-5-14)23-24-20(25)15-10-17(26(27)28)18(21-11-15)22-12-16-6-7-30-16/h10-11,14,16H,4-9,12-13H2,1-3H3,(H,21,22)/t16-/m0/s1. The summed E-state index contributed by atoms with van der Waals surface area (Å²) in [6.45, 7) is 9.20. The molecule has 11 heteroatoms. The topological polar surface area (TPSA) is 117 Å². The fourth-order valence-electron chi connectivity index (χ4n) is 3.34. The molecule has 31 heavy (non-hydrogen) atoms. The van der Waals surface area contributed by atoms with Gasteiger partial charge in [0.2, 0.25) is 5.82 Å². The molecule has 2 aromatic heterocycles. The van der Waals surface area contributed by atoms with Crippen molar-refractivity contribution in [2.75, 3.05) is 25.1 Å². The molecule has 1 saturated carbocycles. The van der Waals surface area contributed by atoms with Gasteiger partial charge in [-0.2, -0.15) is 0 Å². The Balaban J connectivity index is 1.54. The van der Waals surface area contributed by atoms with E-state index in [0.717, 1.165) is 37.7 Å². The lowest BCUT2D eigenvalue weighted by atomic mass is 10.2. The number of ether oxygens (including phenoxy) is 2. The van der Waals surface area contributed by atoms with E-state index in [9.17, 15) is 10.1 Å². The van der Waals surface area contributed by atoms with E-state index in [-0.39, 0.29) is 17.6 Å². The third-order valence-corrected chi connectivity index (χ3v) is 7.26. The molecule has 0 bridgehead atoms. The van der Waals surface area contributed by atoms with Crippen molar-refractivity contribution in [3.63, 3.8) is 0 Å². The molecule has 0 unspecified atom stereocenters. The van der Waals surface area contributed by atoms with Crippen LogP contribution in [0.3, 0.4) is 0 Å². The van der Waals surface area contributed by atoms with E-state index in [1.807, 2.05) is 4.57 Å². The minimum Gasteiger partial charge on any atom is -0.376 e. The zero-order chi connectivity index (χ0) is 22.0. The van der Waals surface area contributed by atoms with Crippen LogP contribution < -0.4 is 5.32 Å². The maximum absolute atomic E-state index is 11.7. The number of hydrogen-bond donors (Lipinski definition) is 1. The molecule has 1 N–H and O–H groups in total. The van der Waals surface area contributed by atoms with Crippen molar-refractivity contribution < 1.29 is 14.4 Å². The predicted molar refractivity (Wildman–Crippen MR) is 119 cm³/mol. The maximum atomic E-state index is 11.7. The van der Waals surface area contributed by atoms with Crippen LogP contribution in [0.25, 0.3) is 11.4 Å². The number of anilines is 1. The van der Waals surface area contributed by atoms with Gasteiger partial charge in [0, 0.05) is 51.6 Å². The van der Waals surface area contributed by atoms with Crippen molar-refractivity contribution in [3.8, 4) is 11.4 Å². The van der Waals surface area contributed by atoms with Crippen LogP contribution in [0, 0.1) is 10.1 Å². The summed E-state index contributed by atoms with van der Waals surface area (Å²) in [6.07, 6.45) is 4.80. The van der Waals surface area contributed by atoms with Crippen LogP contribution in [0.15, 0.2) is 12.3 Å². The molecule has 2 fully saturated rings. The fourth-order valence-corrected chi connectivity index (χ4v) is 4.10. The number of rotatable bonds is 11. The van der Waals surface area contributed by atoms with Gasteiger partial charge in [0.05, 0.1) is 11.0 Å². The van der Waals surface area contributed by atoms with E-state index in [2.05, 4.69) is 40.1 Å². The first-order chi connectivity index (χ1) is 14.8. The van der Waals surface area contributed by atoms with Gasteiger partial charge in [0.1, 0.15) is 12.6 Å². The largest absolute Gasteiger partial charge is 0.376 e. The summed E-state index contributed by atoms with van der Waals surface area (Å²) < 4.78 is 13.3. The zero-order valence-corrected chi connectivity index (χ0v) is 19.3. The van der Waals surface area contributed by atoms with Gasteiger partial charge in [-0.25, -0.2) is 4.98 Å². The van der Waals surface area contributed by atoms with Crippen molar-refractivity contribution >= 4 is 19.6 Å². The van der Waals surface area contributed by atoms with Crippen LogP contribution in [0.1, 0.15) is 31.0 Å². The molecular weight excluding hydrogens is 416 g/mol. The third-order valence-electron chi connectivity index (χ3n) is 5.55. The second-order valence-corrected chi connectivity index (χ2v) is 15.1. The molecule has 4 rings (SSSR count). The van der Waals surface area contributed by atoms with Crippen LogP contribution in [-0.2, 0) is 16.2 Å². The van der Waals surface area contributed by atoms with E-state index in [1.54, 1.807) is 6.20 Å². The van der Waals surface area contributed by atoms with E-state index in [4.69, 9.17) is 9.47 Å². The van der Waals surface area contributed by atoms with Gasteiger partial charge in [0.25, 0.3) is 0 Å². The van der Waals surface area contributed by atoms with Gasteiger partial charge in [0.15, 0.2) is 5.82 Å². The summed E-state index contributed by atoms with van der Waals surface area (Å²) in [6, 6.07) is 2.58. The molecule has 168 valence electrons. The fraction of sp³-hybridized carbons (Fsp3) is 0.650. The van der Waals surface area contributed by atoms with E-state index < -0.39 is 13.0 Å². The Bertz CT molecular complexity index is 936. The first kappa shape index (κ1) is 21.8. The first-order valence-electron chi connectivity index (χ1n) is 10.8. The van der Waals surface area contributed by atoms with Gasteiger partial charge >= 0.3 is 5.69 Å². The predicted octanol–water partition coefficient (Wildman–Crippen LogP) is 3.64. The number of hydrogen-bond acceptors (Lipinski definition) is 8. The molecule has 2 aliphatic rings. The van der Waals surface area contributed by atoms with Gasteiger partial charge in [-0.05, 0) is 25.3 Å². The molecule has 1 aliphatic heterocycles. The maximum Gasteiger partial charge on any atom is 0.312 e. The summed E-state index contributed by atoms with van der Waals surface area (Å²) in [5.74, 6) is 2.06. The molecule has 2 aromatic rings. The quantitative estimate of drug-likeness (QED) is 0.241. The Morgan fingerprint density at radius 3 is 2.71 bits per heavy atom. The number of pyridine rings is 1. The highest BCUT2D eigenvalue weighted by atomic mass is 28.3. The lowest BCUT2D eigenvalue weighted by molar-refractivity contribution is -0.384. The average Bonchev–Trinajstić information content (AvgIpc) is 3.43. The van der Waals surface area contributed by atoms with Crippen molar-refractivity contribution in [2.45, 2.75) is 63.7 Å². The second kappa shape index (κ2) is 9.01. The molecule has 0 amide bonds. The molecule has 1 saturated heterocycles. The van der Waals surface area contributed by atoms with Gasteiger partial charge < -0.3 is 14.8 Å². The molecule has 3 heterocycles. The van der Waals surface area contributed by atoms with Gasteiger partial charge in [-0.1, -0.05) is 19.6 Å². The highest BCUT2D eigenvalue weighted by Gasteiger charge is 2.31. The lowest BCUT2D eigenvalue weighted by Crippen LogP contribution is -2.33. The zero-order valence-electron chi connectivity index (χ0n) is 18.3. The number of nitrogens with one attached hydrogen (secondary N) is 1. The van der Waals surface area contributed by atoms with Crippen LogP contribution in [0.4, 0.5) is 11.5 Å². The minimum atomic E-state index is -1.19. The molecule has 1 aliphatic carbocycles. The summed E-state index contributed by atoms with van der Waals surface area (Å²) in [5, 5.41) is 23.4. The van der Waals surface area contributed by atoms with Crippen LogP contribution in [0.2, 0.25) is 25.7 Å². The van der Waals surface area contributed by atoms with Crippen molar-refractivity contribution in [2.24, 2.45) is 0 Å². The SMILES string of the molecule is C[Si](C)(C)CCOCn1c(-c2cnc(NC[C@@H]3CCO3)c([N+](=O)[O-])c2)nnc1C1CC1. The van der Waals surface area contributed by atoms with Crippen molar-refractivity contribution in [3.05, 3.63) is 28.2 Å². The monoisotopic (exact) mass is 446 g/mol. The number of nitro groups is 1. The van der Waals surface area contributed by atoms with Crippen LogP contribution in [-0.4, -0.2) is 58.6 Å². The number of aromatic nitrogens is 4. The Morgan fingerprint density at radius 1 is 1.32 bits per heavy atom. The summed E-state index contributed by atoms with van der Waals surface area (Å²) in [5.41, 5.74) is 0.476. The first-order valence-corrected chi connectivity index (χ1v) is 14.5. The Hall–Kier alpha value is -2.37. The molecule has 0 spiro atoms. The Morgan fingerprint density at radius 2 is 2.10 bits per heavy atom. The summed E-state index contributed by atoms with van der Waals surface area (Å²) in [7, 11) is -1.19. The van der Waals surface area contributed by atoms with E-state index in [1.165, 1.54) is 6.07 Å².